The second-order valence-electron chi connectivity index (χ2n) is 7.06. The Morgan fingerprint density at radius 3 is 2.50 bits per heavy atom. The Labute approximate surface area is 155 Å². The van der Waals surface area contributed by atoms with Crippen LogP contribution in [0.5, 0.6) is 0 Å². The first-order chi connectivity index (χ1) is 12.6. The molecule has 0 spiro atoms. The topological polar surface area (TPSA) is 71.3 Å². The molecule has 6 nitrogen and oxygen atoms in total. The van der Waals surface area contributed by atoms with Gasteiger partial charge in [-0.15, -0.1) is 0 Å². The largest absolute Gasteiger partial charge is 0.371 e. The second-order valence-corrected chi connectivity index (χ2v) is 7.06. The molecular formula is C20H28N4O2. The second kappa shape index (κ2) is 7.89. The molecule has 1 fully saturated rings. The fraction of sp³-hybridized carbons (Fsp3) is 0.550. The van der Waals surface area contributed by atoms with Crippen LogP contribution in [0.25, 0.3) is 0 Å². The molecule has 0 radical (unpaired) electrons. The number of nitrogens with zero attached hydrogens (tertiary/aromatic N) is 3. The summed E-state index contributed by atoms with van der Waals surface area (Å²) < 4.78 is 5.29. The highest BCUT2D eigenvalue weighted by Gasteiger charge is 2.43. The molecule has 2 aromatic rings. The zero-order chi connectivity index (χ0) is 18.6. The average Bonchev–Trinajstić information content (AvgIpc) is 3.31. The van der Waals surface area contributed by atoms with Gasteiger partial charge in [0.05, 0.1) is 0 Å². The van der Waals surface area contributed by atoms with Gasteiger partial charge in [-0.3, -0.25) is 4.79 Å². The van der Waals surface area contributed by atoms with Crippen molar-refractivity contribution in [1.29, 1.82) is 0 Å². The molecule has 0 bridgehead atoms. The molecule has 3 rings (SSSR count). The number of hydrogen-bond acceptors (Lipinski definition) is 5. The summed E-state index contributed by atoms with van der Waals surface area (Å²) in [7, 11) is 0. The molecule has 26 heavy (non-hydrogen) atoms. The summed E-state index contributed by atoms with van der Waals surface area (Å²) in [6.45, 7) is 7.01. The Bertz CT molecular complexity index is 733. The minimum Gasteiger partial charge on any atom is -0.371 e. The molecule has 1 aromatic carbocycles. The van der Waals surface area contributed by atoms with Gasteiger partial charge in [0.1, 0.15) is 12.1 Å². The molecule has 0 atom stereocenters. The monoisotopic (exact) mass is 356 g/mol. The lowest BCUT2D eigenvalue weighted by molar-refractivity contribution is -0.136. The predicted octanol–water partition coefficient (Wildman–Crippen LogP) is 3.71. The van der Waals surface area contributed by atoms with Crippen LogP contribution in [0.3, 0.4) is 0 Å². The number of carbonyl (C=O) groups is 1. The van der Waals surface area contributed by atoms with Crippen molar-refractivity contribution >= 4 is 11.6 Å². The average molecular weight is 356 g/mol. The third kappa shape index (κ3) is 3.89. The van der Waals surface area contributed by atoms with E-state index in [1.165, 1.54) is 5.56 Å². The van der Waals surface area contributed by atoms with E-state index in [9.17, 15) is 4.79 Å². The molecule has 0 unspecified atom stereocenters. The van der Waals surface area contributed by atoms with Crippen molar-refractivity contribution in [2.45, 2.75) is 65.0 Å². The van der Waals surface area contributed by atoms with Crippen molar-refractivity contribution in [2.75, 3.05) is 11.9 Å². The maximum absolute atomic E-state index is 13.4. The Morgan fingerprint density at radius 1 is 1.23 bits per heavy atom. The quantitative estimate of drug-likeness (QED) is 0.819. The molecule has 0 aliphatic heterocycles. The molecule has 1 amide bonds. The summed E-state index contributed by atoms with van der Waals surface area (Å²) in [6, 6.07) is 8.23. The van der Waals surface area contributed by atoms with Crippen LogP contribution < -0.4 is 5.32 Å². The van der Waals surface area contributed by atoms with E-state index in [2.05, 4.69) is 34.5 Å². The number of aromatic nitrogens is 2. The third-order valence-electron chi connectivity index (χ3n) is 5.12. The van der Waals surface area contributed by atoms with E-state index in [1.54, 1.807) is 0 Å². The number of anilines is 1. The maximum Gasteiger partial charge on any atom is 0.248 e. The Hall–Kier alpha value is -2.37. The van der Waals surface area contributed by atoms with Gasteiger partial charge in [0.25, 0.3) is 0 Å². The van der Waals surface area contributed by atoms with E-state index in [4.69, 9.17) is 4.52 Å². The SMILES string of the molecule is CCc1noc(CN(CC)C(=O)C2(Nc3ccc(C)cc3)CCCC2)n1. The van der Waals surface area contributed by atoms with E-state index in [-0.39, 0.29) is 5.91 Å². The van der Waals surface area contributed by atoms with Crippen LogP contribution in [0.4, 0.5) is 5.69 Å². The van der Waals surface area contributed by atoms with Gasteiger partial charge in [-0.2, -0.15) is 4.98 Å². The van der Waals surface area contributed by atoms with E-state index in [0.29, 0.717) is 24.8 Å². The van der Waals surface area contributed by atoms with Crippen LogP contribution in [0, 0.1) is 6.92 Å². The molecule has 1 aromatic heterocycles. The van der Waals surface area contributed by atoms with Gasteiger partial charge in [0.15, 0.2) is 5.82 Å². The molecule has 1 N–H and O–H groups in total. The zero-order valence-corrected chi connectivity index (χ0v) is 15.9. The van der Waals surface area contributed by atoms with Crippen molar-refractivity contribution in [3.05, 3.63) is 41.5 Å². The van der Waals surface area contributed by atoms with Crippen molar-refractivity contribution in [3.63, 3.8) is 0 Å². The summed E-state index contributed by atoms with van der Waals surface area (Å²) in [5.74, 6) is 1.30. The third-order valence-corrected chi connectivity index (χ3v) is 5.12. The number of benzene rings is 1. The number of aryl methyl sites for hydroxylation is 2. The summed E-state index contributed by atoms with van der Waals surface area (Å²) in [5, 5.41) is 7.47. The lowest BCUT2D eigenvalue weighted by Gasteiger charge is -2.35. The van der Waals surface area contributed by atoms with Crippen molar-refractivity contribution in [2.24, 2.45) is 0 Å². The Balaban J connectivity index is 1.78. The highest BCUT2D eigenvalue weighted by atomic mass is 16.5. The van der Waals surface area contributed by atoms with Crippen molar-refractivity contribution < 1.29 is 9.32 Å². The Morgan fingerprint density at radius 2 is 1.92 bits per heavy atom. The van der Waals surface area contributed by atoms with Crippen LogP contribution in [0.2, 0.25) is 0 Å². The van der Waals surface area contributed by atoms with Gasteiger partial charge in [-0.25, -0.2) is 0 Å². The predicted molar refractivity (Wildman–Crippen MR) is 101 cm³/mol. The number of hydrogen-bond donors (Lipinski definition) is 1. The lowest BCUT2D eigenvalue weighted by atomic mass is 9.94. The molecule has 6 heteroatoms. The van der Waals surface area contributed by atoms with Gasteiger partial charge in [-0.05, 0) is 38.8 Å². The molecule has 140 valence electrons. The van der Waals surface area contributed by atoms with E-state index < -0.39 is 5.54 Å². The highest BCUT2D eigenvalue weighted by Crippen LogP contribution is 2.35. The first-order valence-corrected chi connectivity index (χ1v) is 9.52. The minimum atomic E-state index is -0.543. The fourth-order valence-electron chi connectivity index (χ4n) is 3.58. The first-order valence-electron chi connectivity index (χ1n) is 9.52. The molecule has 0 saturated heterocycles. The number of carbonyl (C=O) groups excluding carboxylic acids is 1. The highest BCUT2D eigenvalue weighted by molar-refractivity contribution is 5.89. The lowest BCUT2D eigenvalue weighted by Crippen LogP contribution is -2.52. The molecule has 1 aliphatic carbocycles. The maximum atomic E-state index is 13.4. The minimum absolute atomic E-state index is 0.120. The molecular weight excluding hydrogens is 328 g/mol. The number of rotatable bonds is 7. The van der Waals surface area contributed by atoms with E-state index in [1.807, 2.05) is 30.9 Å². The van der Waals surface area contributed by atoms with Gasteiger partial charge >= 0.3 is 0 Å². The fourth-order valence-corrected chi connectivity index (χ4v) is 3.58. The van der Waals surface area contributed by atoms with Gasteiger partial charge < -0.3 is 14.7 Å². The number of nitrogens with one attached hydrogen (secondary N) is 1. The first kappa shape index (κ1) is 18.4. The van der Waals surface area contributed by atoms with Gasteiger partial charge in [-0.1, -0.05) is 42.6 Å². The molecule has 1 saturated carbocycles. The number of likely N-dealkylation sites (N-methyl/N-ethyl adjacent to an activating group) is 1. The summed E-state index contributed by atoms with van der Waals surface area (Å²) in [5.41, 5.74) is 1.66. The van der Waals surface area contributed by atoms with E-state index in [0.717, 1.165) is 37.8 Å². The van der Waals surface area contributed by atoms with Crippen LogP contribution >= 0.6 is 0 Å². The summed E-state index contributed by atoms with van der Waals surface area (Å²) >= 11 is 0. The normalized spacial score (nSPS) is 15.8. The Kier molecular flexibility index (Phi) is 5.59. The standard InChI is InChI=1S/C20H28N4O2/c1-4-17-21-18(26-23-17)14-24(5-2)19(25)20(12-6-7-13-20)22-16-10-8-15(3)9-11-16/h8-11,22H,4-7,12-14H2,1-3H3. The zero-order valence-electron chi connectivity index (χ0n) is 15.9. The van der Waals surface area contributed by atoms with Gasteiger partial charge in [0, 0.05) is 18.7 Å². The van der Waals surface area contributed by atoms with Crippen LogP contribution in [0.1, 0.15) is 56.8 Å². The molecule has 1 heterocycles. The summed E-state index contributed by atoms with van der Waals surface area (Å²) in [4.78, 5) is 19.6. The summed E-state index contributed by atoms with van der Waals surface area (Å²) in [6.07, 6.45) is 4.54. The van der Waals surface area contributed by atoms with Crippen LogP contribution in [-0.4, -0.2) is 33.0 Å². The number of amides is 1. The van der Waals surface area contributed by atoms with Crippen LogP contribution in [-0.2, 0) is 17.8 Å². The van der Waals surface area contributed by atoms with Crippen molar-refractivity contribution in [1.82, 2.24) is 15.0 Å². The van der Waals surface area contributed by atoms with Gasteiger partial charge in [0.2, 0.25) is 11.8 Å². The van der Waals surface area contributed by atoms with Crippen LogP contribution in [0.15, 0.2) is 28.8 Å². The van der Waals surface area contributed by atoms with E-state index >= 15 is 0 Å². The van der Waals surface area contributed by atoms with Crippen molar-refractivity contribution in [3.8, 4) is 0 Å². The molecule has 1 aliphatic rings. The smallest absolute Gasteiger partial charge is 0.248 e.